The molecule has 128 valence electrons. The van der Waals surface area contributed by atoms with E-state index >= 15 is 0 Å². The van der Waals surface area contributed by atoms with Crippen molar-refractivity contribution in [2.75, 3.05) is 19.7 Å². The summed E-state index contributed by atoms with van der Waals surface area (Å²) in [6.45, 7) is 5.97. The van der Waals surface area contributed by atoms with Gasteiger partial charge in [-0.3, -0.25) is 4.90 Å². The molecule has 2 atom stereocenters. The van der Waals surface area contributed by atoms with E-state index in [-0.39, 0.29) is 17.6 Å². The molecule has 4 rings (SSSR count). The van der Waals surface area contributed by atoms with E-state index in [1.54, 1.807) is 0 Å². The summed E-state index contributed by atoms with van der Waals surface area (Å²) in [7, 11) is 0. The Morgan fingerprint density at radius 1 is 1.39 bits per heavy atom. The van der Waals surface area contributed by atoms with Crippen molar-refractivity contribution in [2.45, 2.75) is 70.1 Å². The Morgan fingerprint density at radius 2 is 2.17 bits per heavy atom. The lowest BCUT2D eigenvalue weighted by atomic mass is 9.58. The zero-order chi connectivity index (χ0) is 15.9. The highest BCUT2D eigenvalue weighted by molar-refractivity contribution is 7.11. The molecule has 0 aromatic carbocycles. The van der Waals surface area contributed by atoms with E-state index in [1.807, 2.05) is 11.3 Å². The van der Waals surface area contributed by atoms with Gasteiger partial charge in [-0.1, -0.05) is 6.42 Å². The number of likely N-dealkylation sites (tertiary alicyclic amines) is 1. The van der Waals surface area contributed by atoms with Crippen molar-refractivity contribution in [1.82, 2.24) is 9.88 Å². The first-order chi connectivity index (χ1) is 11.2. The third-order valence-electron chi connectivity index (χ3n) is 6.30. The van der Waals surface area contributed by atoms with E-state index in [2.05, 4.69) is 23.0 Å². The van der Waals surface area contributed by atoms with Gasteiger partial charge in [-0.05, 0) is 45.7 Å². The molecule has 1 saturated heterocycles. The molecule has 2 unspecified atom stereocenters. The normalized spacial score (nSPS) is 31.0. The van der Waals surface area contributed by atoms with Crippen LogP contribution >= 0.6 is 11.3 Å². The van der Waals surface area contributed by atoms with Crippen LogP contribution in [0.15, 0.2) is 6.20 Å². The molecule has 0 bridgehead atoms. The number of piperidine rings is 1. The maximum atomic E-state index is 10.3. The summed E-state index contributed by atoms with van der Waals surface area (Å²) in [6.07, 6.45) is 9.19. The van der Waals surface area contributed by atoms with Gasteiger partial charge in [0.1, 0.15) is 0 Å². The Balaban J connectivity index is 1.32. The molecule has 3 fully saturated rings. The summed E-state index contributed by atoms with van der Waals surface area (Å²) in [6, 6.07) is 0. The van der Waals surface area contributed by atoms with E-state index < -0.39 is 0 Å². The van der Waals surface area contributed by atoms with Crippen molar-refractivity contribution < 1.29 is 9.84 Å². The highest BCUT2D eigenvalue weighted by Crippen LogP contribution is 2.51. The number of ether oxygens (including phenoxy) is 1. The molecular weight excluding hydrogens is 308 g/mol. The van der Waals surface area contributed by atoms with E-state index in [9.17, 15) is 5.11 Å². The molecule has 2 aliphatic carbocycles. The minimum Gasteiger partial charge on any atom is -0.392 e. The maximum Gasteiger partial charge on any atom is 0.0959 e. The van der Waals surface area contributed by atoms with Gasteiger partial charge in [0.25, 0.3) is 0 Å². The van der Waals surface area contributed by atoms with Gasteiger partial charge >= 0.3 is 0 Å². The van der Waals surface area contributed by atoms with Crippen LogP contribution in [0.1, 0.15) is 61.3 Å². The largest absolute Gasteiger partial charge is 0.392 e. The van der Waals surface area contributed by atoms with E-state index in [0.717, 1.165) is 51.4 Å². The van der Waals surface area contributed by atoms with Crippen LogP contribution in [0.5, 0.6) is 0 Å². The van der Waals surface area contributed by atoms with Gasteiger partial charge in [0, 0.05) is 42.0 Å². The van der Waals surface area contributed by atoms with Crippen LogP contribution in [0.4, 0.5) is 0 Å². The Morgan fingerprint density at radius 3 is 2.78 bits per heavy atom. The van der Waals surface area contributed by atoms with E-state index in [4.69, 9.17) is 4.74 Å². The standard InChI is InChI=1S/C18H28N2O2S/c1-2-22-16-10-15(21)18(16)6-8-20(9-7-18)12-14-11-19-17(23-14)13-4-3-5-13/h11,13,15-16,21H,2-10,12H2,1H3. The summed E-state index contributed by atoms with van der Waals surface area (Å²) in [5, 5.41) is 11.6. The quantitative estimate of drug-likeness (QED) is 0.897. The van der Waals surface area contributed by atoms with Crippen LogP contribution in [-0.4, -0.2) is 46.9 Å². The first-order valence-corrected chi connectivity index (χ1v) is 9.99. The fraction of sp³-hybridized carbons (Fsp3) is 0.833. The third-order valence-corrected chi connectivity index (χ3v) is 7.45. The monoisotopic (exact) mass is 336 g/mol. The van der Waals surface area contributed by atoms with Crippen molar-refractivity contribution in [3.8, 4) is 0 Å². The maximum absolute atomic E-state index is 10.3. The zero-order valence-corrected chi connectivity index (χ0v) is 14.9. The molecule has 4 nitrogen and oxygen atoms in total. The Hall–Kier alpha value is -0.490. The fourth-order valence-corrected chi connectivity index (χ4v) is 5.53. The number of hydrogen-bond acceptors (Lipinski definition) is 5. The van der Waals surface area contributed by atoms with Crippen LogP contribution in [0.3, 0.4) is 0 Å². The van der Waals surface area contributed by atoms with Crippen molar-refractivity contribution >= 4 is 11.3 Å². The van der Waals surface area contributed by atoms with E-state index in [0.29, 0.717) is 0 Å². The zero-order valence-electron chi connectivity index (χ0n) is 14.0. The Labute approximate surface area is 142 Å². The summed E-state index contributed by atoms with van der Waals surface area (Å²) in [4.78, 5) is 8.57. The molecule has 5 heteroatoms. The van der Waals surface area contributed by atoms with Gasteiger partial charge < -0.3 is 9.84 Å². The molecule has 2 heterocycles. The highest BCUT2D eigenvalue weighted by atomic mass is 32.1. The fourth-order valence-electron chi connectivity index (χ4n) is 4.40. The minimum atomic E-state index is -0.158. The smallest absolute Gasteiger partial charge is 0.0959 e. The Kier molecular flexibility index (Phi) is 4.47. The highest BCUT2D eigenvalue weighted by Gasteiger charge is 2.55. The topological polar surface area (TPSA) is 45.6 Å². The SMILES string of the molecule is CCOC1CC(O)C12CCN(Cc1cnc(C3CCC3)s1)CC2. The van der Waals surface area contributed by atoms with Crippen LogP contribution in [0.2, 0.25) is 0 Å². The first kappa shape index (κ1) is 16.0. The molecule has 23 heavy (non-hydrogen) atoms. The number of rotatable bonds is 5. The molecular formula is C18H28N2O2S. The molecule has 1 aliphatic heterocycles. The average Bonchev–Trinajstić information content (AvgIpc) is 2.94. The lowest BCUT2D eigenvalue weighted by Crippen LogP contribution is -2.62. The van der Waals surface area contributed by atoms with Crippen molar-refractivity contribution in [1.29, 1.82) is 0 Å². The summed E-state index contributed by atoms with van der Waals surface area (Å²) in [5.41, 5.74) is 0.0390. The van der Waals surface area contributed by atoms with Gasteiger partial charge in [-0.15, -0.1) is 11.3 Å². The van der Waals surface area contributed by atoms with Crippen LogP contribution in [-0.2, 0) is 11.3 Å². The first-order valence-electron chi connectivity index (χ1n) is 9.18. The number of nitrogens with zero attached hydrogens (tertiary/aromatic N) is 2. The van der Waals surface area contributed by atoms with Gasteiger partial charge in [0.05, 0.1) is 17.2 Å². The van der Waals surface area contributed by atoms with Crippen molar-refractivity contribution in [2.24, 2.45) is 5.41 Å². The number of thiazole rings is 1. The number of hydrogen-bond donors (Lipinski definition) is 1. The second kappa shape index (κ2) is 6.43. The predicted molar refractivity (Wildman–Crippen MR) is 91.7 cm³/mol. The third kappa shape index (κ3) is 2.86. The molecule has 1 N–H and O–H groups in total. The van der Waals surface area contributed by atoms with Crippen LogP contribution in [0.25, 0.3) is 0 Å². The summed E-state index contributed by atoms with van der Waals surface area (Å²) in [5.74, 6) is 0.746. The minimum absolute atomic E-state index is 0.0390. The second-order valence-electron chi connectivity index (χ2n) is 7.50. The number of aliphatic hydroxyl groups is 1. The van der Waals surface area contributed by atoms with Gasteiger partial charge in [-0.2, -0.15) is 0 Å². The average molecular weight is 337 g/mol. The van der Waals surface area contributed by atoms with Crippen LogP contribution in [0, 0.1) is 5.41 Å². The number of aromatic nitrogens is 1. The van der Waals surface area contributed by atoms with Crippen LogP contribution < -0.4 is 0 Å². The lowest BCUT2D eigenvalue weighted by Gasteiger charge is -2.56. The van der Waals surface area contributed by atoms with Gasteiger partial charge in [-0.25, -0.2) is 4.98 Å². The van der Waals surface area contributed by atoms with Crippen molar-refractivity contribution in [3.05, 3.63) is 16.1 Å². The van der Waals surface area contributed by atoms with Gasteiger partial charge in [0.2, 0.25) is 0 Å². The molecule has 1 aromatic rings. The lowest BCUT2D eigenvalue weighted by molar-refractivity contribution is -0.209. The number of aliphatic hydroxyl groups excluding tert-OH is 1. The van der Waals surface area contributed by atoms with Gasteiger partial charge in [0.15, 0.2) is 0 Å². The van der Waals surface area contributed by atoms with Crippen molar-refractivity contribution in [3.63, 3.8) is 0 Å². The Bertz CT molecular complexity index is 533. The predicted octanol–water partition coefficient (Wildman–Crippen LogP) is 3.16. The molecule has 0 radical (unpaired) electrons. The molecule has 3 aliphatic rings. The summed E-state index contributed by atoms with van der Waals surface area (Å²) >= 11 is 1.91. The molecule has 1 aromatic heterocycles. The van der Waals surface area contributed by atoms with E-state index in [1.165, 1.54) is 29.1 Å². The molecule has 1 spiro atoms. The second-order valence-corrected chi connectivity index (χ2v) is 8.64. The summed E-state index contributed by atoms with van der Waals surface area (Å²) < 4.78 is 5.86. The molecule has 2 saturated carbocycles. The molecule has 0 amide bonds.